The highest BCUT2D eigenvalue weighted by molar-refractivity contribution is 5.65. The zero-order chi connectivity index (χ0) is 15.2. The first-order valence-corrected chi connectivity index (χ1v) is 6.58. The lowest BCUT2D eigenvalue weighted by molar-refractivity contribution is 0.414. The van der Waals surface area contributed by atoms with Gasteiger partial charge in [-0.15, -0.1) is 0 Å². The molecule has 1 aromatic heterocycles. The van der Waals surface area contributed by atoms with Crippen LogP contribution in [0.2, 0.25) is 0 Å². The van der Waals surface area contributed by atoms with Crippen molar-refractivity contribution < 1.29 is 9.15 Å². The smallest absolute Gasteiger partial charge is 0.233 e. The van der Waals surface area contributed by atoms with Crippen molar-refractivity contribution in [2.45, 2.75) is 0 Å². The average molecular weight is 286 g/mol. The van der Waals surface area contributed by atoms with Crippen LogP contribution in [0.3, 0.4) is 0 Å². The molecule has 1 N–H and O–H groups in total. The number of benzene rings is 1. The number of likely N-dealkylation sites (N-methyl/N-ethyl adjacent to an activating group) is 1. The third kappa shape index (κ3) is 3.52. The molecular weight excluding hydrogens is 268 g/mol. The first-order valence-electron chi connectivity index (χ1n) is 6.58. The van der Waals surface area contributed by atoms with Gasteiger partial charge < -0.3 is 19.4 Å². The molecular formula is C15H18N4O2. The Hall–Kier alpha value is -2.52. The zero-order valence-electron chi connectivity index (χ0n) is 12.4. The lowest BCUT2D eigenvalue weighted by atomic mass is 10.2. The van der Waals surface area contributed by atoms with E-state index in [1.165, 1.54) is 0 Å². The number of nitrogens with one attached hydrogen (secondary N) is 1. The van der Waals surface area contributed by atoms with Crippen LogP contribution < -0.4 is 10.1 Å². The van der Waals surface area contributed by atoms with E-state index in [2.05, 4.69) is 10.3 Å². The molecule has 6 heteroatoms. The summed E-state index contributed by atoms with van der Waals surface area (Å²) in [4.78, 5) is 6.26. The van der Waals surface area contributed by atoms with E-state index >= 15 is 0 Å². The van der Waals surface area contributed by atoms with Crippen molar-refractivity contribution in [1.29, 1.82) is 5.26 Å². The fraction of sp³-hybridized carbons (Fsp3) is 0.333. The monoisotopic (exact) mass is 286 g/mol. The van der Waals surface area contributed by atoms with Gasteiger partial charge in [0.05, 0.1) is 12.7 Å². The van der Waals surface area contributed by atoms with E-state index in [0.717, 1.165) is 12.1 Å². The highest BCUT2D eigenvalue weighted by Crippen LogP contribution is 2.31. The molecule has 0 amide bonds. The number of ether oxygens (including phenoxy) is 1. The Morgan fingerprint density at radius 2 is 2.14 bits per heavy atom. The van der Waals surface area contributed by atoms with Gasteiger partial charge in [-0.3, -0.25) is 0 Å². The molecule has 110 valence electrons. The highest BCUT2D eigenvalue weighted by Gasteiger charge is 2.16. The third-order valence-electron chi connectivity index (χ3n) is 2.92. The number of oxazole rings is 1. The summed E-state index contributed by atoms with van der Waals surface area (Å²) in [5.74, 6) is 1.42. The van der Waals surface area contributed by atoms with E-state index in [9.17, 15) is 0 Å². The summed E-state index contributed by atoms with van der Waals surface area (Å²) < 4.78 is 11.0. The van der Waals surface area contributed by atoms with Crippen LogP contribution in [-0.4, -0.2) is 44.2 Å². The summed E-state index contributed by atoms with van der Waals surface area (Å²) in [6.45, 7) is 1.50. The SMILES string of the molecule is COc1ccccc1-c1nc(C#N)c(NCCN(C)C)o1. The molecule has 0 bridgehead atoms. The number of hydrogen-bond donors (Lipinski definition) is 1. The Kier molecular flexibility index (Phi) is 4.80. The minimum absolute atomic E-state index is 0.245. The number of aromatic nitrogens is 1. The molecule has 0 saturated carbocycles. The summed E-state index contributed by atoms with van der Waals surface area (Å²) in [5, 5.41) is 12.2. The van der Waals surface area contributed by atoms with Crippen LogP contribution in [0, 0.1) is 11.3 Å². The molecule has 0 saturated heterocycles. The first kappa shape index (κ1) is 14.9. The topological polar surface area (TPSA) is 74.3 Å². The van der Waals surface area contributed by atoms with Gasteiger partial charge in [0.15, 0.2) is 0 Å². The second-order valence-electron chi connectivity index (χ2n) is 4.74. The number of nitriles is 1. The van der Waals surface area contributed by atoms with Crippen LogP contribution >= 0.6 is 0 Å². The van der Waals surface area contributed by atoms with E-state index in [4.69, 9.17) is 14.4 Å². The average Bonchev–Trinajstić information content (AvgIpc) is 2.90. The standard InChI is InChI=1S/C15H18N4O2/c1-19(2)9-8-17-15-12(10-16)18-14(21-15)11-6-4-5-7-13(11)20-3/h4-7,17H,8-9H2,1-3H3. The molecule has 2 rings (SSSR count). The van der Waals surface area contributed by atoms with E-state index in [1.807, 2.05) is 49.3 Å². The molecule has 2 aromatic rings. The van der Waals surface area contributed by atoms with Gasteiger partial charge in [-0.05, 0) is 26.2 Å². The summed E-state index contributed by atoms with van der Waals surface area (Å²) >= 11 is 0. The third-order valence-corrected chi connectivity index (χ3v) is 2.92. The van der Waals surface area contributed by atoms with Gasteiger partial charge in [-0.1, -0.05) is 12.1 Å². The summed E-state index contributed by atoms with van der Waals surface area (Å²) in [6.07, 6.45) is 0. The van der Waals surface area contributed by atoms with Crippen molar-refractivity contribution in [3.63, 3.8) is 0 Å². The Labute approximate surface area is 124 Å². The number of hydrogen-bond acceptors (Lipinski definition) is 6. The normalized spacial score (nSPS) is 10.4. The second kappa shape index (κ2) is 6.77. The molecule has 0 aliphatic heterocycles. The van der Waals surface area contributed by atoms with E-state index in [-0.39, 0.29) is 5.69 Å². The number of methoxy groups -OCH3 is 1. The van der Waals surface area contributed by atoms with Crippen molar-refractivity contribution >= 4 is 5.88 Å². The molecule has 6 nitrogen and oxygen atoms in total. The molecule has 0 unspecified atom stereocenters. The number of nitrogens with zero attached hydrogens (tertiary/aromatic N) is 3. The maximum atomic E-state index is 9.16. The van der Waals surface area contributed by atoms with Gasteiger partial charge in [0.2, 0.25) is 17.5 Å². The van der Waals surface area contributed by atoms with E-state index in [0.29, 0.717) is 24.1 Å². The van der Waals surface area contributed by atoms with Gasteiger partial charge in [-0.2, -0.15) is 10.2 Å². The van der Waals surface area contributed by atoms with E-state index < -0.39 is 0 Å². The molecule has 0 spiro atoms. The molecule has 21 heavy (non-hydrogen) atoms. The molecule has 0 aliphatic rings. The Morgan fingerprint density at radius 3 is 2.81 bits per heavy atom. The predicted octanol–water partition coefficient (Wildman–Crippen LogP) is 2.20. The van der Waals surface area contributed by atoms with Crippen LogP contribution in [-0.2, 0) is 0 Å². The fourth-order valence-corrected chi connectivity index (χ4v) is 1.85. The van der Waals surface area contributed by atoms with Crippen molar-refractivity contribution in [1.82, 2.24) is 9.88 Å². The van der Waals surface area contributed by atoms with E-state index in [1.54, 1.807) is 7.11 Å². The Bertz CT molecular complexity index is 643. The lowest BCUT2D eigenvalue weighted by Gasteiger charge is -2.09. The largest absolute Gasteiger partial charge is 0.496 e. The molecule has 0 atom stereocenters. The van der Waals surface area contributed by atoms with Crippen LogP contribution in [0.5, 0.6) is 5.75 Å². The predicted molar refractivity (Wildman–Crippen MR) is 80.2 cm³/mol. The Balaban J connectivity index is 2.26. The van der Waals surface area contributed by atoms with Crippen molar-refractivity contribution in [2.24, 2.45) is 0 Å². The number of rotatable bonds is 6. The fourth-order valence-electron chi connectivity index (χ4n) is 1.85. The highest BCUT2D eigenvalue weighted by atomic mass is 16.5. The van der Waals surface area contributed by atoms with Crippen LogP contribution in [0.4, 0.5) is 5.88 Å². The molecule has 1 aromatic carbocycles. The zero-order valence-corrected chi connectivity index (χ0v) is 12.4. The van der Waals surface area contributed by atoms with Gasteiger partial charge in [0.25, 0.3) is 0 Å². The maximum Gasteiger partial charge on any atom is 0.233 e. The quantitative estimate of drug-likeness (QED) is 0.877. The number of para-hydroxylation sites is 1. The van der Waals surface area contributed by atoms with Crippen molar-refractivity contribution in [3.05, 3.63) is 30.0 Å². The van der Waals surface area contributed by atoms with Crippen LogP contribution in [0.1, 0.15) is 5.69 Å². The second-order valence-corrected chi connectivity index (χ2v) is 4.74. The Morgan fingerprint density at radius 1 is 1.38 bits per heavy atom. The van der Waals surface area contributed by atoms with Gasteiger partial charge in [0.1, 0.15) is 11.8 Å². The molecule has 0 fully saturated rings. The lowest BCUT2D eigenvalue weighted by Crippen LogP contribution is -2.20. The van der Waals surface area contributed by atoms with Crippen LogP contribution in [0.25, 0.3) is 11.5 Å². The minimum atomic E-state index is 0.245. The maximum absolute atomic E-state index is 9.16. The molecule has 1 heterocycles. The first-order chi connectivity index (χ1) is 10.2. The summed E-state index contributed by atoms with van der Waals surface area (Å²) in [7, 11) is 5.55. The summed E-state index contributed by atoms with van der Waals surface area (Å²) in [6, 6.07) is 9.44. The molecule has 0 radical (unpaired) electrons. The van der Waals surface area contributed by atoms with Gasteiger partial charge in [-0.25, -0.2) is 0 Å². The van der Waals surface area contributed by atoms with Crippen molar-refractivity contribution in [3.8, 4) is 23.3 Å². The van der Waals surface area contributed by atoms with Gasteiger partial charge >= 0.3 is 0 Å². The van der Waals surface area contributed by atoms with Crippen LogP contribution in [0.15, 0.2) is 28.7 Å². The van der Waals surface area contributed by atoms with Crippen molar-refractivity contribution in [2.75, 3.05) is 39.6 Å². The summed E-state index contributed by atoms with van der Waals surface area (Å²) in [5.41, 5.74) is 0.965. The molecule has 0 aliphatic carbocycles. The number of anilines is 1. The van der Waals surface area contributed by atoms with Gasteiger partial charge in [0, 0.05) is 13.1 Å². The minimum Gasteiger partial charge on any atom is -0.496 e.